The smallest absolute Gasteiger partial charge is 0.123 e. The van der Waals surface area contributed by atoms with E-state index in [0.717, 1.165) is 22.4 Å². The summed E-state index contributed by atoms with van der Waals surface area (Å²) in [5, 5.41) is 15.6. The number of nitrogens with one attached hydrogen (secondary N) is 1. The molecule has 0 bridgehead atoms. The first-order chi connectivity index (χ1) is 9.24. The highest BCUT2D eigenvalue weighted by Gasteiger charge is 2.18. The van der Waals surface area contributed by atoms with Gasteiger partial charge in [-0.3, -0.25) is 0 Å². The van der Waals surface area contributed by atoms with Crippen LogP contribution in [0.5, 0.6) is 5.75 Å². The molecule has 1 fully saturated rings. The van der Waals surface area contributed by atoms with Gasteiger partial charge in [0.05, 0.1) is 0 Å². The number of rotatable bonds is 2. The van der Waals surface area contributed by atoms with Crippen molar-refractivity contribution in [3.05, 3.63) is 36.4 Å². The SMILES string of the molecule is CC1CCC(Nc2cccc3c(O)cccc23)CC1. The molecule has 0 spiro atoms. The maximum atomic E-state index is 9.91. The summed E-state index contributed by atoms with van der Waals surface area (Å²) >= 11 is 0. The minimum atomic E-state index is 0.360. The van der Waals surface area contributed by atoms with E-state index in [1.165, 1.54) is 25.7 Å². The second-order valence-electron chi connectivity index (χ2n) is 5.78. The maximum Gasteiger partial charge on any atom is 0.123 e. The third-order valence-corrected chi connectivity index (χ3v) is 4.27. The monoisotopic (exact) mass is 255 g/mol. The molecule has 2 aromatic rings. The van der Waals surface area contributed by atoms with Crippen molar-refractivity contribution in [2.24, 2.45) is 5.92 Å². The van der Waals surface area contributed by atoms with Crippen LogP contribution >= 0.6 is 0 Å². The van der Waals surface area contributed by atoms with E-state index >= 15 is 0 Å². The minimum absolute atomic E-state index is 0.360. The lowest BCUT2D eigenvalue weighted by atomic mass is 9.87. The molecule has 0 aliphatic heterocycles. The molecule has 100 valence electrons. The second kappa shape index (κ2) is 5.12. The first-order valence-electron chi connectivity index (χ1n) is 7.21. The first kappa shape index (κ1) is 12.3. The molecular formula is C17H21NO. The molecule has 1 aliphatic carbocycles. The third-order valence-electron chi connectivity index (χ3n) is 4.27. The van der Waals surface area contributed by atoms with Crippen molar-refractivity contribution in [3.8, 4) is 5.75 Å². The molecule has 0 aromatic heterocycles. The first-order valence-corrected chi connectivity index (χ1v) is 7.21. The fourth-order valence-corrected chi connectivity index (χ4v) is 3.04. The number of hydrogen-bond donors (Lipinski definition) is 2. The lowest BCUT2D eigenvalue weighted by Gasteiger charge is -2.28. The van der Waals surface area contributed by atoms with Gasteiger partial charge in [-0.15, -0.1) is 0 Å². The number of phenols is 1. The minimum Gasteiger partial charge on any atom is -0.507 e. The summed E-state index contributed by atoms with van der Waals surface area (Å²) in [6.07, 6.45) is 5.12. The molecule has 19 heavy (non-hydrogen) atoms. The fraction of sp³-hybridized carbons (Fsp3) is 0.412. The van der Waals surface area contributed by atoms with Crippen molar-refractivity contribution in [3.63, 3.8) is 0 Å². The van der Waals surface area contributed by atoms with Gasteiger partial charge >= 0.3 is 0 Å². The van der Waals surface area contributed by atoms with Gasteiger partial charge in [0.25, 0.3) is 0 Å². The van der Waals surface area contributed by atoms with Crippen LogP contribution < -0.4 is 5.32 Å². The highest BCUT2D eigenvalue weighted by atomic mass is 16.3. The second-order valence-corrected chi connectivity index (χ2v) is 5.78. The van der Waals surface area contributed by atoms with Crippen LogP contribution in [0.4, 0.5) is 5.69 Å². The molecule has 1 saturated carbocycles. The largest absolute Gasteiger partial charge is 0.507 e. The third kappa shape index (κ3) is 2.53. The number of hydrogen-bond acceptors (Lipinski definition) is 2. The van der Waals surface area contributed by atoms with Crippen LogP contribution in [-0.2, 0) is 0 Å². The van der Waals surface area contributed by atoms with E-state index in [4.69, 9.17) is 0 Å². The molecule has 0 radical (unpaired) electrons. The average molecular weight is 255 g/mol. The number of fused-ring (bicyclic) bond motifs is 1. The van der Waals surface area contributed by atoms with Gasteiger partial charge in [0.15, 0.2) is 0 Å². The Morgan fingerprint density at radius 1 is 0.947 bits per heavy atom. The Kier molecular flexibility index (Phi) is 3.33. The summed E-state index contributed by atoms with van der Waals surface area (Å²) in [4.78, 5) is 0. The van der Waals surface area contributed by atoms with Gasteiger partial charge in [-0.05, 0) is 43.7 Å². The quantitative estimate of drug-likeness (QED) is 0.826. The highest BCUT2D eigenvalue weighted by molar-refractivity contribution is 5.97. The molecule has 2 N–H and O–H groups in total. The summed E-state index contributed by atoms with van der Waals surface area (Å²) < 4.78 is 0. The normalized spacial score (nSPS) is 23.4. The number of aromatic hydroxyl groups is 1. The number of anilines is 1. The molecule has 0 heterocycles. The van der Waals surface area contributed by atoms with Crippen LogP contribution in [0.25, 0.3) is 10.8 Å². The Hall–Kier alpha value is -1.70. The van der Waals surface area contributed by atoms with Crippen LogP contribution in [0.3, 0.4) is 0 Å². The van der Waals surface area contributed by atoms with Crippen molar-refractivity contribution in [2.75, 3.05) is 5.32 Å². The average Bonchev–Trinajstić information content (AvgIpc) is 2.43. The van der Waals surface area contributed by atoms with Crippen molar-refractivity contribution in [1.82, 2.24) is 0 Å². The van der Waals surface area contributed by atoms with Crippen molar-refractivity contribution < 1.29 is 5.11 Å². The molecule has 2 nitrogen and oxygen atoms in total. The zero-order valence-corrected chi connectivity index (χ0v) is 11.4. The molecule has 2 aromatic carbocycles. The van der Waals surface area contributed by atoms with E-state index in [1.54, 1.807) is 6.07 Å². The van der Waals surface area contributed by atoms with Crippen LogP contribution in [0.2, 0.25) is 0 Å². The maximum absolute atomic E-state index is 9.91. The van der Waals surface area contributed by atoms with Crippen LogP contribution in [0.15, 0.2) is 36.4 Å². The Morgan fingerprint density at radius 3 is 2.42 bits per heavy atom. The summed E-state index contributed by atoms with van der Waals surface area (Å²) in [5.74, 6) is 1.23. The number of benzene rings is 2. The van der Waals surface area contributed by atoms with E-state index in [1.807, 2.05) is 18.2 Å². The Balaban J connectivity index is 1.87. The van der Waals surface area contributed by atoms with E-state index in [0.29, 0.717) is 11.8 Å². The van der Waals surface area contributed by atoms with E-state index < -0.39 is 0 Å². The zero-order valence-electron chi connectivity index (χ0n) is 11.4. The van der Waals surface area contributed by atoms with Gasteiger partial charge in [-0.2, -0.15) is 0 Å². The molecular weight excluding hydrogens is 234 g/mol. The molecule has 1 aliphatic rings. The standard InChI is InChI=1S/C17H21NO/c1-12-8-10-13(11-9-12)18-16-6-2-5-15-14(16)4-3-7-17(15)19/h2-7,12-13,18-19H,8-11H2,1H3. The van der Waals surface area contributed by atoms with Gasteiger partial charge in [-0.25, -0.2) is 0 Å². The Labute approximate surface area is 114 Å². The summed E-state index contributed by atoms with van der Waals surface area (Å²) in [6, 6.07) is 12.4. The van der Waals surface area contributed by atoms with Gasteiger partial charge in [0.1, 0.15) is 5.75 Å². The molecule has 0 saturated heterocycles. The van der Waals surface area contributed by atoms with Gasteiger partial charge in [0, 0.05) is 22.5 Å². The molecule has 0 unspecified atom stereocenters. The number of phenolic OH excluding ortho intramolecular Hbond substituents is 1. The molecule has 0 amide bonds. The summed E-state index contributed by atoms with van der Waals surface area (Å²) in [5.41, 5.74) is 1.15. The summed E-state index contributed by atoms with van der Waals surface area (Å²) in [7, 11) is 0. The van der Waals surface area contributed by atoms with Crippen molar-refractivity contribution >= 4 is 16.5 Å². The Bertz CT molecular complexity index is 570. The Morgan fingerprint density at radius 2 is 1.63 bits per heavy atom. The predicted octanol–water partition coefficient (Wildman–Crippen LogP) is 4.54. The highest BCUT2D eigenvalue weighted by Crippen LogP contribution is 2.32. The van der Waals surface area contributed by atoms with E-state index in [-0.39, 0.29) is 0 Å². The van der Waals surface area contributed by atoms with Gasteiger partial charge in [0.2, 0.25) is 0 Å². The molecule has 2 heteroatoms. The molecule has 0 atom stereocenters. The summed E-state index contributed by atoms with van der Waals surface area (Å²) in [6.45, 7) is 2.34. The van der Waals surface area contributed by atoms with Gasteiger partial charge in [-0.1, -0.05) is 31.2 Å². The lowest BCUT2D eigenvalue weighted by molar-refractivity contribution is 0.361. The van der Waals surface area contributed by atoms with Crippen molar-refractivity contribution in [1.29, 1.82) is 0 Å². The van der Waals surface area contributed by atoms with Crippen LogP contribution in [0, 0.1) is 5.92 Å². The van der Waals surface area contributed by atoms with Crippen LogP contribution in [-0.4, -0.2) is 11.1 Å². The van der Waals surface area contributed by atoms with Crippen LogP contribution in [0.1, 0.15) is 32.6 Å². The van der Waals surface area contributed by atoms with E-state index in [9.17, 15) is 5.11 Å². The van der Waals surface area contributed by atoms with Crippen molar-refractivity contribution in [2.45, 2.75) is 38.6 Å². The fourth-order valence-electron chi connectivity index (χ4n) is 3.04. The lowest BCUT2D eigenvalue weighted by Crippen LogP contribution is -2.25. The van der Waals surface area contributed by atoms with E-state index in [2.05, 4.69) is 24.4 Å². The topological polar surface area (TPSA) is 32.3 Å². The molecule has 3 rings (SSSR count). The van der Waals surface area contributed by atoms with Gasteiger partial charge < -0.3 is 10.4 Å². The predicted molar refractivity (Wildman–Crippen MR) is 80.7 cm³/mol. The zero-order chi connectivity index (χ0) is 13.2.